The van der Waals surface area contributed by atoms with Crippen molar-refractivity contribution in [1.29, 1.82) is 0 Å². The van der Waals surface area contributed by atoms with Crippen molar-refractivity contribution in [1.82, 2.24) is 20.2 Å². The van der Waals surface area contributed by atoms with Crippen molar-refractivity contribution in [2.24, 2.45) is 21.8 Å². The summed E-state index contributed by atoms with van der Waals surface area (Å²) in [5, 5.41) is 21.6. The number of nitrogens with zero attached hydrogens (tertiary/aromatic N) is 5. The highest BCUT2D eigenvalue weighted by atomic mass is 35.5. The molecular formula is C40H39ClN6O6. The van der Waals surface area contributed by atoms with Gasteiger partial charge in [0.05, 0.1) is 60.2 Å². The van der Waals surface area contributed by atoms with E-state index in [0.717, 1.165) is 75.7 Å². The molecule has 2 aromatic heterocycles. The van der Waals surface area contributed by atoms with E-state index < -0.39 is 5.24 Å². The molecule has 8 rings (SSSR count). The van der Waals surface area contributed by atoms with E-state index in [2.05, 4.69) is 38.4 Å². The number of likely N-dealkylation sites (tertiary alicyclic amines) is 1. The van der Waals surface area contributed by atoms with E-state index >= 15 is 0 Å². The highest BCUT2D eigenvalue weighted by molar-refractivity contribution is 6.66. The molecule has 0 radical (unpaired) electrons. The van der Waals surface area contributed by atoms with Gasteiger partial charge in [-0.25, -0.2) is 9.97 Å². The number of amides is 1. The number of halogens is 1. The Morgan fingerprint density at radius 2 is 1.23 bits per heavy atom. The first-order chi connectivity index (χ1) is 25.7. The zero-order chi connectivity index (χ0) is 37.3. The van der Waals surface area contributed by atoms with Gasteiger partial charge in [-0.05, 0) is 72.3 Å². The minimum absolute atomic E-state index is 0.0344. The number of allylic oxidation sites excluding steroid dienone is 1. The van der Waals surface area contributed by atoms with Gasteiger partial charge < -0.3 is 29.9 Å². The topological polar surface area (TPSA) is 159 Å². The standard InChI is InChI=1S/C20H19N3O3.C17H17N3O2.C3H3ClO/c1-2-20(25)23-10-13(11-23)12-26-19-7-17(14-3-5-15(24)6-4-14)22-18-9-21-8-16(18)19;21-13-3-1-12(2-4-13)15-5-17(22-10-11-6-18-7-11)14-8-19-9-16(14)20-15;1-2-3(4)5/h2-8,13,24H,1,9-12H2;1-5,8,11,18,21H,6-7,9-10H2;2H,1H2. The molecule has 6 heterocycles. The van der Waals surface area contributed by atoms with E-state index in [4.69, 9.17) is 21.1 Å². The number of phenolic OH excluding ortho intramolecular Hbond substituents is 2. The number of benzene rings is 2. The summed E-state index contributed by atoms with van der Waals surface area (Å²) < 4.78 is 12.1. The molecule has 4 aromatic rings. The molecule has 0 saturated carbocycles. The Morgan fingerprint density at radius 1 is 0.774 bits per heavy atom. The van der Waals surface area contributed by atoms with E-state index in [-0.39, 0.29) is 17.4 Å². The van der Waals surface area contributed by atoms with Crippen LogP contribution in [0.25, 0.3) is 22.5 Å². The average molecular weight is 735 g/mol. The molecular weight excluding hydrogens is 696 g/mol. The molecule has 4 aliphatic heterocycles. The summed E-state index contributed by atoms with van der Waals surface area (Å²) in [6.07, 6.45) is 6.03. The second kappa shape index (κ2) is 17.1. The van der Waals surface area contributed by atoms with Gasteiger partial charge in [-0.2, -0.15) is 0 Å². The van der Waals surface area contributed by atoms with E-state index in [0.29, 0.717) is 51.2 Å². The fourth-order valence-corrected chi connectivity index (χ4v) is 5.79. The minimum Gasteiger partial charge on any atom is -0.508 e. The predicted molar refractivity (Wildman–Crippen MR) is 204 cm³/mol. The number of pyridine rings is 2. The Balaban J connectivity index is 0.000000163. The van der Waals surface area contributed by atoms with Gasteiger partial charge in [-0.1, -0.05) is 13.2 Å². The highest BCUT2D eigenvalue weighted by Crippen LogP contribution is 2.33. The SMILES string of the molecule is C=CC(=O)Cl.C=CC(=O)N1CC(COc2cc(-c3ccc(O)cc3)nc3c2C=NC3)C1.Oc1ccc(-c2cc(OCC3CNC3)c3c(n2)CN=C3)cc1. The van der Waals surface area contributed by atoms with Crippen LogP contribution < -0.4 is 14.8 Å². The van der Waals surface area contributed by atoms with Gasteiger partial charge in [-0.15, -0.1) is 0 Å². The van der Waals surface area contributed by atoms with Gasteiger partial charge in [0.1, 0.15) is 23.0 Å². The van der Waals surface area contributed by atoms with Crippen molar-refractivity contribution < 1.29 is 29.3 Å². The third kappa shape index (κ3) is 9.34. The second-order valence-electron chi connectivity index (χ2n) is 12.7. The Morgan fingerprint density at radius 3 is 1.62 bits per heavy atom. The van der Waals surface area contributed by atoms with E-state index in [1.807, 2.05) is 42.6 Å². The number of phenols is 2. The number of rotatable bonds is 10. The van der Waals surface area contributed by atoms with Gasteiger partial charge in [0, 0.05) is 73.7 Å². The first-order valence-corrected chi connectivity index (χ1v) is 17.4. The zero-order valence-corrected chi connectivity index (χ0v) is 29.7. The van der Waals surface area contributed by atoms with Crippen LogP contribution in [0.4, 0.5) is 0 Å². The first kappa shape index (κ1) is 36.9. The lowest BCUT2D eigenvalue weighted by molar-refractivity contribution is -0.132. The fraction of sp³-hybridized carbons (Fsp3) is 0.250. The highest BCUT2D eigenvalue weighted by Gasteiger charge is 2.30. The molecule has 3 N–H and O–H groups in total. The Labute approximate surface area is 312 Å². The molecule has 0 bridgehead atoms. The van der Waals surface area contributed by atoms with Crippen molar-refractivity contribution in [3.63, 3.8) is 0 Å². The maximum Gasteiger partial charge on any atom is 0.245 e. The average Bonchev–Trinajstić information content (AvgIpc) is 3.81. The number of nitrogens with one attached hydrogen (secondary N) is 1. The number of carbonyl (C=O) groups excluding carboxylic acids is 2. The van der Waals surface area contributed by atoms with E-state index in [1.165, 1.54) is 6.08 Å². The third-order valence-corrected chi connectivity index (χ3v) is 9.02. The van der Waals surface area contributed by atoms with Crippen LogP contribution in [0.1, 0.15) is 22.5 Å². The van der Waals surface area contributed by atoms with Crippen LogP contribution in [-0.4, -0.2) is 88.1 Å². The van der Waals surface area contributed by atoms with E-state index in [1.54, 1.807) is 35.4 Å². The molecule has 0 aliphatic carbocycles. The third-order valence-electron chi connectivity index (χ3n) is 8.87. The maximum atomic E-state index is 11.5. The molecule has 2 aromatic carbocycles. The molecule has 0 spiro atoms. The van der Waals surface area contributed by atoms with Crippen molar-refractivity contribution in [3.8, 4) is 45.5 Å². The smallest absolute Gasteiger partial charge is 0.245 e. The quantitative estimate of drug-likeness (QED) is 0.145. The Hall–Kier alpha value is -5.85. The van der Waals surface area contributed by atoms with Crippen LogP contribution in [0, 0.1) is 11.8 Å². The summed E-state index contributed by atoms with van der Waals surface area (Å²) in [4.78, 5) is 40.7. The van der Waals surface area contributed by atoms with Gasteiger partial charge in [0.15, 0.2) is 0 Å². The van der Waals surface area contributed by atoms with Crippen LogP contribution >= 0.6 is 11.6 Å². The number of carbonyl (C=O) groups is 2. The molecule has 12 nitrogen and oxygen atoms in total. The van der Waals surface area contributed by atoms with Crippen molar-refractivity contribution in [2.45, 2.75) is 13.1 Å². The molecule has 2 fully saturated rings. The summed E-state index contributed by atoms with van der Waals surface area (Å²) in [5.41, 5.74) is 7.28. The number of aliphatic imine (C=N–C) groups is 2. The van der Waals surface area contributed by atoms with Crippen molar-refractivity contribution in [2.75, 3.05) is 39.4 Å². The van der Waals surface area contributed by atoms with Crippen LogP contribution in [-0.2, 0) is 22.7 Å². The molecule has 0 atom stereocenters. The summed E-state index contributed by atoms with van der Waals surface area (Å²) in [6.45, 7) is 12.4. The largest absolute Gasteiger partial charge is 0.508 e. The molecule has 272 valence electrons. The van der Waals surface area contributed by atoms with E-state index in [9.17, 15) is 19.8 Å². The van der Waals surface area contributed by atoms with Crippen LogP contribution in [0.5, 0.6) is 23.0 Å². The van der Waals surface area contributed by atoms with Crippen LogP contribution in [0.3, 0.4) is 0 Å². The number of hydrogen-bond acceptors (Lipinski definition) is 11. The number of fused-ring (bicyclic) bond motifs is 2. The molecule has 53 heavy (non-hydrogen) atoms. The van der Waals surface area contributed by atoms with Gasteiger partial charge in [-0.3, -0.25) is 19.6 Å². The van der Waals surface area contributed by atoms with Gasteiger partial charge in [0.25, 0.3) is 0 Å². The lowest BCUT2D eigenvalue weighted by Gasteiger charge is -2.38. The van der Waals surface area contributed by atoms with Crippen molar-refractivity contribution in [3.05, 3.63) is 108 Å². The first-order valence-electron chi connectivity index (χ1n) is 17.1. The molecule has 4 aliphatic rings. The zero-order valence-electron chi connectivity index (χ0n) is 29.0. The number of aromatic nitrogens is 2. The maximum absolute atomic E-state index is 11.5. The number of aromatic hydroxyl groups is 2. The second-order valence-corrected chi connectivity index (χ2v) is 13.1. The van der Waals surface area contributed by atoms with Crippen LogP contribution in [0.15, 0.2) is 96.0 Å². The summed E-state index contributed by atoms with van der Waals surface area (Å²) in [5.74, 6) is 2.94. The van der Waals surface area contributed by atoms with Gasteiger partial charge >= 0.3 is 0 Å². The Kier molecular flexibility index (Phi) is 11.9. The van der Waals surface area contributed by atoms with Crippen LogP contribution in [0.2, 0.25) is 0 Å². The molecule has 0 unspecified atom stereocenters. The number of ether oxygens (including phenoxy) is 2. The number of hydrogen-bond donors (Lipinski definition) is 3. The predicted octanol–water partition coefficient (Wildman–Crippen LogP) is 5.33. The summed E-state index contributed by atoms with van der Waals surface area (Å²) in [7, 11) is 0. The molecule has 2 saturated heterocycles. The van der Waals surface area contributed by atoms with Gasteiger partial charge in [0.2, 0.25) is 11.1 Å². The molecule has 13 heteroatoms. The van der Waals surface area contributed by atoms with Crippen molar-refractivity contribution >= 4 is 35.2 Å². The summed E-state index contributed by atoms with van der Waals surface area (Å²) >= 11 is 4.71. The molecule has 1 amide bonds. The normalized spacial score (nSPS) is 15.0. The fourth-order valence-electron chi connectivity index (χ4n) is 5.79. The monoisotopic (exact) mass is 734 g/mol. The summed E-state index contributed by atoms with van der Waals surface area (Å²) in [6, 6.07) is 17.9. The lowest BCUT2D eigenvalue weighted by atomic mass is 10.0. The Bertz CT molecular complexity index is 2040. The lowest BCUT2D eigenvalue weighted by Crippen LogP contribution is -2.51. The minimum atomic E-state index is -0.509.